The third kappa shape index (κ3) is 6.05. The Morgan fingerprint density at radius 3 is 2.58 bits per heavy atom. The lowest BCUT2D eigenvalue weighted by molar-refractivity contribution is -0.132. The zero-order chi connectivity index (χ0) is 23.8. The highest BCUT2D eigenvalue weighted by molar-refractivity contribution is 6.31. The normalized spacial score (nSPS) is 11.7. The molecule has 0 aliphatic carbocycles. The summed E-state index contributed by atoms with van der Waals surface area (Å²) in [6, 6.07) is 13.0. The minimum atomic E-state index is -0.999. The van der Waals surface area contributed by atoms with Crippen LogP contribution in [-0.2, 0) is 17.8 Å². The van der Waals surface area contributed by atoms with Crippen molar-refractivity contribution in [3.63, 3.8) is 0 Å². The van der Waals surface area contributed by atoms with Crippen LogP contribution in [-0.4, -0.2) is 34.8 Å². The van der Waals surface area contributed by atoms with Crippen LogP contribution in [0, 0.1) is 0 Å². The maximum absolute atomic E-state index is 12.1. The largest absolute Gasteiger partial charge is 0.493 e. The molecule has 0 amide bonds. The maximum Gasteiger partial charge on any atom is 0.331 e. The fraction of sp³-hybridized carbons (Fsp3) is 0.231. The number of nitrogens with zero attached hydrogens (tertiary/aromatic N) is 2. The highest BCUT2D eigenvalue weighted by Gasteiger charge is 2.15. The molecule has 0 aliphatic heterocycles. The van der Waals surface area contributed by atoms with Gasteiger partial charge in [0.2, 0.25) is 0 Å². The van der Waals surface area contributed by atoms with E-state index in [1.165, 1.54) is 0 Å². The maximum atomic E-state index is 12.1. The Morgan fingerprint density at radius 1 is 1.15 bits per heavy atom. The molecule has 0 saturated heterocycles. The van der Waals surface area contributed by atoms with E-state index < -0.39 is 5.97 Å². The van der Waals surface area contributed by atoms with Crippen molar-refractivity contribution in [3.8, 4) is 11.5 Å². The molecule has 1 N–H and O–H groups in total. The molecular formula is C26H27ClN2O4. The predicted molar refractivity (Wildman–Crippen MR) is 131 cm³/mol. The predicted octanol–water partition coefficient (Wildman–Crippen LogP) is 5.74. The quantitative estimate of drug-likeness (QED) is 0.386. The molecule has 0 aliphatic rings. The number of carbonyl (C=O) groups is 1. The molecule has 0 unspecified atom stereocenters. The Morgan fingerprint density at radius 2 is 1.91 bits per heavy atom. The molecular weight excluding hydrogens is 440 g/mol. The summed E-state index contributed by atoms with van der Waals surface area (Å²) in [4.78, 5) is 16.6. The minimum absolute atomic E-state index is 0.215. The lowest BCUT2D eigenvalue weighted by atomic mass is 10.0. The molecule has 6 nitrogen and oxygen atoms in total. The number of halogens is 1. The Labute approximate surface area is 198 Å². The fourth-order valence-electron chi connectivity index (χ4n) is 3.42. The fourth-order valence-corrected chi connectivity index (χ4v) is 3.62. The van der Waals surface area contributed by atoms with Crippen LogP contribution in [0.15, 0.2) is 60.3 Å². The highest BCUT2D eigenvalue weighted by Crippen LogP contribution is 2.29. The third-order valence-electron chi connectivity index (χ3n) is 5.15. The number of hydrogen-bond donors (Lipinski definition) is 1. The molecule has 0 saturated carbocycles. The van der Waals surface area contributed by atoms with Gasteiger partial charge in [-0.2, -0.15) is 0 Å². The van der Waals surface area contributed by atoms with E-state index in [0.29, 0.717) is 28.8 Å². The van der Waals surface area contributed by atoms with Gasteiger partial charge in [-0.15, -0.1) is 0 Å². The number of imidazole rings is 1. The van der Waals surface area contributed by atoms with Crippen molar-refractivity contribution in [2.24, 2.45) is 0 Å². The topological polar surface area (TPSA) is 73.6 Å². The zero-order valence-electron chi connectivity index (χ0n) is 18.9. The van der Waals surface area contributed by atoms with Crippen molar-refractivity contribution in [2.75, 3.05) is 14.2 Å². The van der Waals surface area contributed by atoms with Gasteiger partial charge < -0.3 is 19.1 Å². The Hall–Kier alpha value is -3.51. The van der Waals surface area contributed by atoms with Crippen LogP contribution in [0.5, 0.6) is 11.5 Å². The first-order chi connectivity index (χ1) is 16.0. The van der Waals surface area contributed by atoms with E-state index in [9.17, 15) is 9.90 Å². The summed E-state index contributed by atoms with van der Waals surface area (Å²) < 4.78 is 12.6. The monoisotopic (exact) mass is 466 g/mol. The van der Waals surface area contributed by atoms with Gasteiger partial charge in [-0.25, -0.2) is 9.78 Å². The van der Waals surface area contributed by atoms with E-state index in [1.807, 2.05) is 54.0 Å². The zero-order valence-corrected chi connectivity index (χ0v) is 19.7. The highest BCUT2D eigenvalue weighted by atomic mass is 35.5. The number of ether oxygens (including phenoxy) is 2. The first-order valence-corrected chi connectivity index (χ1v) is 10.9. The second-order valence-corrected chi connectivity index (χ2v) is 7.78. The molecule has 7 heteroatoms. The van der Waals surface area contributed by atoms with E-state index in [0.717, 1.165) is 23.4 Å². The average molecular weight is 467 g/mol. The number of aromatic nitrogens is 2. The first-order valence-electron chi connectivity index (χ1n) is 10.6. The number of rotatable bonds is 10. The Bertz CT molecular complexity index is 1180. The van der Waals surface area contributed by atoms with Crippen LogP contribution in [0.4, 0.5) is 0 Å². The summed E-state index contributed by atoms with van der Waals surface area (Å²) in [7, 11) is 3.11. The Kier molecular flexibility index (Phi) is 8.33. The molecule has 3 aromatic rings. The minimum Gasteiger partial charge on any atom is -0.493 e. The van der Waals surface area contributed by atoms with Crippen molar-refractivity contribution in [3.05, 3.63) is 88.0 Å². The number of carboxylic acids is 1. The van der Waals surface area contributed by atoms with Gasteiger partial charge in [-0.3, -0.25) is 0 Å². The first kappa shape index (κ1) is 24.1. The van der Waals surface area contributed by atoms with Crippen molar-refractivity contribution in [1.82, 2.24) is 9.55 Å². The van der Waals surface area contributed by atoms with Crippen LogP contribution in [0.1, 0.15) is 36.0 Å². The number of carboxylic acid groups (broad SMARTS) is 1. The van der Waals surface area contributed by atoms with Crippen molar-refractivity contribution in [2.45, 2.75) is 26.3 Å². The Balaban J connectivity index is 2.01. The molecule has 33 heavy (non-hydrogen) atoms. The lowest BCUT2D eigenvalue weighted by Crippen LogP contribution is -2.08. The molecule has 0 spiro atoms. The van der Waals surface area contributed by atoms with Crippen molar-refractivity contribution in [1.29, 1.82) is 0 Å². The third-order valence-corrected chi connectivity index (χ3v) is 5.51. The van der Waals surface area contributed by atoms with E-state index in [-0.39, 0.29) is 12.0 Å². The average Bonchev–Trinajstić information content (AvgIpc) is 3.19. The molecule has 3 rings (SSSR count). The molecule has 2 aromatic carbocycles. The van der Waals surface area contributed by atoms with Gasteiger partial charge in [0.15, 0.2) is 11.5 Å². The molecule has 0 radical (unpaired) electrons. The summed E-state index contributed by atoms with van der Waals surface area (Å²) in [5.74, 6) is 0.877. The molecule has 1 aromatic heterocycles. The van der Waals surface area contributed by atoms with Crippen LogP contribution >= 0.6 is 11.6 Å². The number of benzene rings is 2. The summed E-state index contributed by atoms with van der Waals surface area (Å²) in [5, 5.41) is 10.6. The summed E-state index contributed by atoms with van der Waals surface area (Å²) in [6.07, 6.45) is 8.37. The lowest BCUT2D eigenvalue weighted by Gasteiger charge is -2.12. The summed E-state index contributed by atoms with van der Waals surface area (Å²) >= 11 is 6.38. The molecule has 0 atom stereocenters. The number of aliphatic carboxylic acids is 1. The van der Waals surface area contributed by atoms with Crippen molar-refractivity contribution >= 4 is 29.7 Å². The van der Waals surface area contributed by atoms with Crippen LogP contribution in [0.3, 0.4) is 0 Å². The van der Waals surface area contributed by atoms with Crippen LogP contribution in [0.2, 0.25) is 5.02 Å². The van der Waals surface area contributed by atoms with Gasteiger partial charge >= 0.3 is 5.97 Å². The van der Waals surface area contributed by atoms with E-state index >= 15 is 0 Å². The SMILES string of the molecule is CC/C=C/c1ncc(/C=C(\Cc2ccc(OC)c(OC)c2)C(=O)O)n1Cc1ccccc1Cl. The standard InChI is InChI=1S/C26H27ClN2O4/c1-4-5-10-25-28-16-21(29(25)17-19-8-6-7-9-22(19)27)15-20(26(30)31)13-18-11-12-23(32-2)24(14-18)33-3/h5-12,14-16H,4,13,17H2,1-3H3,(H,30,31)/b10-5+,20-15+. The van der Waals surface area contributed by atoms with Gasteiger partial charge in [-0.05, 0) is 47.9 Å². The smallest absolute Gasteiger partial charge is 0.331 e. The number of methoxy groups -OCH3 is 2. The second kappa shape index (κ2) is 11.4. The van der Waals surface area contributed by atoms with Crippen molar-refractivity contribution < 1.29 is 19.4 Å². The second-order valence-electron chi connectivity index (χ2n) is 7.37. The van der Waals surface area contributed by atoms with E-state index in [2.05, 4.69) is 4.98 Å². The molecule has 1 heterocycles. The van der Waals surface area contributed by atoms with Crippen LogP contribution < -0.4 is 9.47 Å². The molecule has 172 valence electrons. The molecule has 0 fully saturated rings. The van der Waals surface area contributed by atoms with Gasteiger partial charge in [0.1, 0.15) is 5.82 Å². The van der Waals surface area contributed by atoms with Gasteiger partial charge in [0.05, 0.1) is 32.7 Å². The number of allylic oxidation sites excluding steroid dienone is 1. The van der Waals surface area contributed by atoms with Gasteiger partial charge in [0, 0.05) is 17.0 Å². The van der Waals surface area contributed by atoms with E-state index in [1.54, 1.807) is 38.6 Å². The summed E-state index contributed by atoms with van der Waals surface area (Å²) in [6.45, 7) is 2.52. The number of hydrogen-bond acceptors (Lipinski definition) is 4. The summed E-state index contributed by atoms with van der Waals surface area (Å²) in [5.41, 5.74) is 2.64. The van der Waals surface area contributed by atoms with Crippen LogP contribution in [0.25, 0.3) is 12.2 Å². The molecule has 0 bridgehead atoms. The van der Waals surface area contributed by atoms with Gasteiger partial charge in [-0.1, -0.05) is 48.9 Å². The van der Waals surface area contributed by atoms with E-state index in [4.69, 9.17) is 21.1 Å². The van der Waals surface area contributed by atoms with Gasteiger partial charge in [0.25, 0.3) is 0 Å².